The van der Waals surface area contributed by atoms with Crippen LogP contribution in [0.15, 0.2) is 30.3 Å². The fraction of sp³-hybridized carbons (Fsp3) is 0.500. The van der Waals surface area contributed by atoms with Gasteiger partial charge in [0.05, 0.1) is 6.07 Å². The molecule has 0 amide bonds. The van der Waals surface area contributed by atoms with Crippen LogP contribution in [0.5, 0.6) is 0 Å². The molecule has 17 heavy (non-hydrogen) atoms. The Morgan fingerprint density at radius 3 is 2.71 bits per heavy atom. The smallest absolute Gasteiger partial charge is 0.130 e. The van der Waals surface area contributed by atoms with E-state index in [2.05, 4.69) is 30.3 Å². The van der Waals surface area contributed by atoms with Crippen molar-refractivity contribution in [1.82, 2.24) is 4.90 Å². The van der Waals surface area contributed by atoms with Gasteiger partial charge in [-0.25, -0.2) is 0 Å². The Kier molecular flexibility index (Phi) is 3.35. The molecule has 2 rings (SSSR count). The Labute approximate surface area is 103 Å². The van der Waals surface area contributed by atoms with E-state index in [1.165, 1.54) is 0 Å². The lowest BCUT2D eigenvalue weighted by Gasteiger charge is -2.42. The first-order valence-electron chi connectivity index (χ1n) is 6.09. The fourth-order valence-electron chi connectivity index (χ4n) is 2.49. The lowest BCUT2D eigenvalue weighted by molar-refractivity contribution is 0.173. The van der Waals surface area contributed by atoms with E-state index in [0.29, 0.717) is 5.92 Å². The molecule has 1 aromatic rings. The van der Waals surface area contributed by atoms with Crippen molar-refractivity contribution in [2.45, 2.75) is 18.9 Å². The summed E-state index contributed by atoms with van der Waals surface area (Å²) in [6.45, 7) is 4.08. The number of nitrogens with zero attached hydrogens (tertiary/aromatic N) is 2. The number of hydrogen-bond donors (Lipinski definition) is 1. The molecule has 0 radical (unpaired) electrons. The summed E-state index contributed by atoms with van der Waals surface area (Å²) < 4.78 is 0. The molecule has 1 fully saturated rings. The summed E-state index contributed by atoms with van der Waals surface area (Å²) in [7, 11) is 2.11. The predicted molar refractivity (Wildman–Crippen MR) is 69.7 cm³/mol. The van der Waals surface area contributed by atoms with Gasteiger partial charge in [-0.3, -0.25) is 0 Å². The maximum Gasteiger partial charge on any atom is 0.130 e. The van der Waals surface area contributed by atoms with Crippen LogP contribution in [0.3, 0.4) is 0 Å². The van der Waals surface area contributed by atoms with Crippen LogP contribution >= 0.6 is 0 Å². The molecule has 90 valence electrons. The molecule has 0 saturated carbocycles. The van der Waals surface area contributed by atoms with Gasteiger partial charge in [-0.2, -0.15) is 5.26 Å². The highest BCUT2D eigenvalue weighted by molar-refractivity contribution is 5.48. The number of nitriles is 1. The monoisotopic (exact) mass is 229 g/mol. The standard InChI is InChI=1S/C14H19N3/c1-12-10-17(2)9-8-14(12,11-15)16-13-6-4-3-5-7-13/h3-7,12,16H,8-10H2,1-2H3. The van der Waals surface area contributed by atoms with Gasteiger partial charge in [-0.15, -0.1) is 0 Å². The highest BCUT2D eigenvalue weighted by Gasteiger charge is 2.40. The maximum absolute atomic E-state index is 9.53. The van der Waals surface area contributed by atoms with Gasteiger partial charge in [-0.1, -0.05) is 25.1 Å². The van der Waals surface area contributed by atoms with E-state index in [4.69, 9.17) is 0 Å². The lowest BCUT2D eigenvalue weighted by Crippen LogP contribution is -2.53. The summed E-state index contributed by atoms with van der Waals surface area (Å²) in [6, 6.07) is 12.5. The van der Waals surface area contributed by atoms with E-state index < -0.39 is 5.54 Å². The molecule has 1 aliphatic rings. The Balaban J connectivity index is 2.18. The van der Waals surface area contributed by atoms with Crippen molar-refractivity contribution < 1.29 is 0 Å². The predicted octanol–water partition coefficient (Wildman–Crippen LogP) is 2.33. The van der Waals surface area contributed by atoms with Crippen molar-refractivity contribution in [3.63, 3.8) is 0 Å². The molecule has 1 N–H and O–H groups in total. The Morgan fingerprint density at radius 2 is 2.12 bits per heavy atom. The van der Waals surface area contributed by atoms with E-state index >= 15 is 0 Å². The second-order valence-electron chi connectivity index (χ2n) is 4.99. The van der Waals surface area contributed by atoms with Gasteiger partial charge in [0, 0.05) is 24.7 Å². The first-order chi connectivity index (χ1) is 8.16. The van der Waals surface area contributed by atoms with Crippen molar-refractivity contribution in [2.75, 3.05) is 25.5 Å². The van der Waals surface area contributed by atoms with E-state index in [1.807, 2.05) is 30.3 Å². The minimum atomic E-state index is -0.423. The zero-order valence-electron chi connectivity index (χ0n) is 10.5. The summed E-state index contributed by atoms with van der Waals surface area (Å²) in [5.41, 5.74) is 0.610. The molecule has 1 saturated heterocycles. The molecular formula is C14H19N3. The van der Waals surface area contributed by atoms with Crippen LogP contribution in [0, 0.1) is 17.2 Å². The molecule has 0 aliphatic carbocycles. The fourth-order valence-corrected chi connectivity index (χ4v) is 2.49. The molecule has 1 aliphatic heterocycles. The van der Waals surface area contributed by atoms with Crippen LogP contribution in [0.2, 0.25) is 0 Å². The van der Waals surface area contributed by atoms with Crippen LogP contribution in [0.25, 0.3) is 0 Å². The van der Waals surface area contributed by atoms with Crippen molar-refractivity contribution in [2.24, 2.45) is 5.92 Å². The molecule has 1 heterocycles. The van der Waals surface area contributed by atoms with Crippen LogP contribution in [-0.2, 0) is 0 Å². The number of anilines is 1. The minimum Gasteiger partial charge on any atom is -0.367 e. The molecule has 1 aromatic carbocycles. The van der Waals surface area contributed by atoms with Gasteiger partial charge in [0.2, 0.25) is 0 Å². The van der Waals surface area contributed by atoms with Crippen molar-refractivity contribution in [3.05, 3.63) is 30.3 Å². The summed E-state index contributed by atoms with van der Waals surface area (Å²) in [6.07, 6.45) is 0.871. The number of rotatable bonds is 2. The van der Waals surface area contributed by atoms with E-state index in [0.717, 1.165) is 25.2 Å². The number of piperidine rings is 1. The minimum absolute atomic E-state index is 0.325. The average molecular weight is 229 g/mol. The molecule has 3 heteroatoms. The summed E-state index contributed by atoms with van der Waals surface area (Å²) in [5, 5.41) is 13.0. The van der Waals surface area contributed by atoms with Crippen molar-refractivity contribution in [1.29, 1.82) is 5.26 Å². The van der Waals surface area contributed by atoms with E-state index in [9.17, 15) is 5.26 Å². The number of nitrogens with one attached hydrogen (secondary N) is 1. The highest BCUT2D eigenvalue weighted by atomic mass is 15.1. The van der Waals surface area contributed by atoms with E-state index in [1.54, 1.807) is 0 Å². The average Bonchev–Trinajstić information content (AvgIpc) is 2.34. The summed E-state index contributed by atoms with van der Waals surface area (Å²) in [5.74, 6) is 0.325. The van der Waals surface area contributed by atoms with Crippen LogP contribution in [-0.4, -0.2) is 30.6 Å². The molecule has 2 unspecified atom stereocenters. The third-order valence-corrected chi connectivity index (χ3v) is 3.66. The van der Waals surface area contributed by atoms with Gasteiger partial charge in [0.15, 0.2) is 0 Å². The molecule has 2 atom stereocenters. The number of para-hydroxylation sites is 1. The second kappa shape index (κ2) is 4.77. The Bertz CT molecular complexity index is 409. The Morgan fingerprint density at radius 1 is 1.41 bits per heavy atom. The van der Waals surface area contributed by atoms with Gasteiger partial charge in [-0.05, 0) is 25.6 Å². The van der Waals surface area contributed by atoms with Crippen molar-refractivity contribution in [3.8, 4) is 6.07 Å². The quantitative estimate of drug-likeness (QED) is 0.846. The number of hydrogen-bond acceptors (Lipinski definition) is 3. The number of likely N-dealkylation sites (tertiary alicyclic amines) is 1. The molecular weight excluding hydrogens is 210 g/mol. The zero-order valence-corrected chi connectivity index (χ0v) is 10.5. The molecule has 0 aromatic heterocycles. The summed E-state index contributed by atoms with van der Waals surface area (Å²) >= 11 is 0. The van der Waals surface area contributed by atoms with Gasteiger partial charge < -0.3 is 10.2 Å². The van der Waals surface area contributed by atoms with E-state index in [-0.39, 0.29) is 0 Å². The second-order valence-corrected chi connectivity index (χ2v) is 4.99. The molecule has 0 spiro atoms. The van der Waals surface area contributed by atoms with Crippen LogP contribution in [0.1, 0.15) is 13.3 Å². The summed E-state index contributed by atoms with van der Waals surface area (Å²) in [4.78, 5) is 2.28. The lowest BCUT2D eigenvalue weighted by atomic mass is 9.80. The maximum atomic E-state index is 9.53. The SMILES string of the molecule is CC1CN(C)CCC1(C#N)Nc1ccccc1. The Hall–Kier alpha value is -1.53. The molecule has 0 bridgehead atoms. The van der Waals surface area contributed by atoms with Crippen LogP contribution in [0.4, 0.5) is 5.69 Å². The number of benzene rings is 1. The zero-order chi connectivity index (χ0) is 12.3. The largest absolute Gasteiger partial charge is 0.367 e. The van der Waals surface area contributed by atoms with Crippen molar-refractivity contribution >= 4 is 5.69 Å². The van der Waals surface area contributed by atoms with Gasteiger partial charge >= 0.3 is 0 Å². The first kappa shape index (κ1) is 11.9. The third kappa shape index (κ3) is 2.42. The first-order valence-corrected chi connectivity index (χ1v) is 6.09. The van der Waals surface area contributed by atoms with Crippen LogP contribution < -0.4 is 5.32 Å². The normalized spacial score (nSPS) is 29.6. The highest BCUT2D eigenvalue weighted by Crippen LogP contribution is 2.30. The van der Waals surface area contributed by atoms with Gasteiger partial charge in [0.1, 0.15) is 5.54 Å². The van der Waals surface area contributed by atoms with Gasteiger partial charge in [0.25, 0.3) is 0 Å². The third-order valence-electron chi connectivity index (χ3n) is 3.66. The topological polar surface area (TPSA) is 39.1 Å². The molecule has 3 nitrogen and oxygen atoms in total.